The van der Waals surface area contributed by atoms with Crippen molar-refractivity contribution in [1.82, 2.24) is 21.0 Å². The zero-order valence-corrected chi connectivity index (χ0v) is 45.4. The maximum atomic E-state index is 12.1. The van der Waals surface area contributed by atoms with Gasteiger partial charge in [0, 0.05) is 36.8 Å². The Morgan fingerprint density at radius 1 is 0.434 bits per heavy atom. The molecule has 0 aromatic rings. The molecule has 27 heteroatoms. The minimum Gasteiger partial charge on any atom is -0.378 e. The summed E-state index contributed by atoms with van der Waals surface area (Å²) in [5.41, 5.74) is 0. The van der Waals surface area contributed by atoms with Crippen molar-refractivity contribution in [2.75, 3.05) is 224 Å². The molecule has 3 heterocycles. The third-order valence-electron chi connectivity index (χ3n) is 10.9. The van der Waals surface area contributed by atoms with Crippen molar-refractivity contribution >= 4 is 41.5 Å². The number of imide groups is 1. The van der Waals surface area contributed by atoms with Gasteiger partial charge in [-0.25, -0.2) is 9.59 Å². The Balaban J connectivity index is 0.858. The molecule has 3 fully saturated rings. The van der Waals surface area contributed by atoms with Crippen molar-refractivity contribution in [3.05, 3.63) is 0 Å². The number of amides is 5. The van der Waals surface area contributed by atoms with Gasteiger partial charge in [-0.15, -0.1) is 5.06 Å². The number of urea groups is 1. The summed E-state index contributed by atoms with van der Waals surface area (Å²) in [6.07, 6.45) is 3.32. The molecule has 0 spiro atoms. The number of ether oxygens (including phenoxy) is 16. The Morgan fingerprint density at radius 3 is 1.12 bits per heavy atom. The number of hydrogen-bond donors (Lipinski definition) is 3. The van der Waals surface area contributed by atoms with Crippen LogP contribution in [0.5, 0.6) is 0 Å². The van der Waals surface area contributed by atoms with Gasteiger partial charge in [0.05, 0.1) is 230 Å². The molecular formula is C49H88N4O22S. The van der Waals surface area contributed by atoms with Crippen molar-refractivity contribution in [2.45, 2.75) is 62.3 Å². The number of unbranched alkanes of at least 4 members (excludes halogenated alkanes) is 1. The highest BCUT2D eigenvalue weighted by molar-refractivity contribution is 8.00. The van der Waals surface area contributed by atoms with Gasteiger partial charge in [-0.05, 0) is 12.8 Å². The van der Waals surface area contributed by atoms with E-state index in [1.165, 1.54) is 0 Å². The number of nitrogens with zero attached hydrogens (tertiary/aromatic N) is 1. The Kier molecular flexibility index (Phi) is 43.5. The molecule has 76 heavy (non-hydrogen) atoms. The van der Waals surface area contributed by atoms with E-state index in [-0.39, 0.29) is 56.5 Å². The number of carbonyl (C=O) groups excluding carboxylic acids is 5. The Labute approximate surface area is 451 Å². The number of fused-ring (bicyclic) bond motifs is 1. The summed E-state index contributed by atoms with van der Waals surface area (Å²) in [6, 6.07) is 0.383. The quantitative estimate of drug-likeness (QED) is 0.0413. The first-order chi connectivity index (χ1) is 37.4. The van der Waals surface area contributed by atoms with Gasteiger partial charge in [-0.2, -0.15) is 11.8 Å². The molecule has 3 aliphatic heterocycles. The monoisotopic (exact) mass is 1120 g/mol. The van der Waals surface area contributed by atoms with Crippen LogP contribution in [0.4, 0.5) is 4.79 Å². The summed E-state index contributed by atoms with van der Waals surface area (Å²) in [4.78, 5) is 62.9. The number of rotatable bonds is 57. The summed E-state index contributed by atoms with van der Waals surface area (Å²) in [7, 11) is 0. The van der Waals surface area contributed by atoms with Crippen LogP contribution >= 0.6 is 11.8 Å². The van der Waals surface area contributed by atoms with E-state index in [4.69, 9.17) is 80.6 Å². The average molecular weight is 1120 g/mol. The predicted octanol–water partition coefficient (Wildman–Crippen LogP) is 0.0913. The van der Waals surface area contributed by atoms with E-state index in [1.54, 1.807) is 0 Å². The maximum Gasteiger partial charge on any atom is 0.335 e. The van der Waals surface area contributed by atoms with E-state index in [2.05, 4.69) is 16.0 Å². The van der Waals surface area contributed by atoms with Crippen molar-refractivity contribution in [2.24, 2.45) is 0 Å². The molecule has 3 saturated heterocycles. The van der Waals surface area contributed by atoms with Crippen molar-refractivity contribution in [3.8, 4) is 0 Å². The first kappa shape index (κ1) is 67.3. The second kappa shape index (κ2) is 49.1. The van der Waals surface area contributed by atoms with Crippen LogP contribution in [-0.2, 0) is 99.8 Å². The average Bonchev–Trinajstić information content (AvgIpc) is 4.09. The third-order valence-corrected chi connectivity index (χ3v) is 12.4. The molecule has 3 rings (SSSR count). The molecule has 3 N–H and O–H groups in total. The first-order valence-corrected chi connectivity index (χ1v) is 27.7. The van der Waals surface area contributed by atoms with E-state index in [9.17, 15) is 24.0 Å². The fourth-order valence-corrected chi connectivity index (χ4v) is 8.53. The highest BCUT2D eigenvalue weighted by Gasteiger charge is 2.42. The van der Waals surface area contributed by atoms with Crippen LogP contribution in [0.25, 0.3) is 0 Å². The van der Waals surface area contributed by atoms with Crippen molar-refractivity contribution in [1.29, 1.82) is 0 Å². The summed E-state index contributed by atoms with van der Waals surface area (Å²) in [5, 5.41) is 9.79. The zero-order chi connectivity index (χ0) is 54.0. The summed E-state index contributed by atoms with van der Waals surface area (Å²) in [5.74, 6) is -0.749. The molecule has 0 unspecified atom stereocenters. The number of thioether (sulfide) groups is 1. The third kappa shape index (κ3) is 37.8. The number of carbonyl (C=O) groups is 5. The molecule has 5 amide bonds. The summed E-state index contributed by atoms with van der Waals surface area (Å²) >= 11 is 1.90. The standard InChI is InChI=1S/C49H88N4O22S/c54-44(4-2-1-3-43-48-42(41-76-43)51-49(58)52-48)50-8-10-60-12-14-62-16-18-64-20-22-66-24-26-68-28-30-70-32-34-72-36-38-74-40-39-73-37-35-71-33-31-69-29-27-67-25-23-65-21-19-63-17-15-61-13-11-59-9-7-47(57)75-53-45(55)5-6-46(53)56/h42-43,48H,1-41H2,(H,50,54)(H2,51,52,58)/t42-,43-,48-/m0/s1. The van der Waals surface area contributed by atoms with Crippen LogP contribution in [0.15, 0.2) is 0 Å². The fraction of sp³-hybridized carbons (Fsp3) is 0.898. The Bertz CT molecular complexity index is 1450. The van der Waals surface area contributed by atoms with Crippen LogP contribution in [0.2, 0.25) is 0 Å². The van der Waals surface area contributed by atoms with E-state index in [0.29, 0.717) is 221 Å². The highest BCUT2D eigenvalue weighted by atomic mass is 32.2. The van der Waals surface area contributed by atoms with Crippen LogP contribution in [-0.4, -0.2) is 276 Å². The van der Waals surface area contributed by atoms with Gasteiger partial charge in [0.1, 0.15) is 0 Å². The number of hydroxylamine groups is 2. The molecule has 0 aliphatic carbocycles. The van der Waals surface area contributed by atoms with E-state index < -0.39 is 17.8 Å². The lowest BCUT2D eigenvalue weighted by Crippen LogP contribution is -2.36. The summed E-state index contributed by atoms with van der Waals surface area (Å²) < 4.78 is 87.7. The van der Waals surface area contributed by atoms with E-state index >= 15 is 0 Å². The first-order valence-electron chi connectivity index (χ1n) is 26.7. The molecule has 442 valence electrons. The van der Waals surface area contributed by atoms with Crippen molar-refractivity contribution in [3.63, 3.8) is 0 Å². The maximum absolute atomic E-state index is 12.1. The molecule has 3 atom stereocenters. The topological polar surface area (TPSA) is 282 Å². The van der Waals surface area contributed by atoms with Crippen LogP contribution in [0.3, 0.4) is 0 Å². The van der Waals surface area contributed by atoms with Gasteiger partial charge in [-0.1, -0.05) is 6.42 Å². The normalized spacial score (nSPS) is 17.2. The molecule has 26 nitrogen and oxygen atoms in total. The van der Waals surface area contributed by atoms with Gasteiger partial charge in [0.2, 0.25) is 5.91 Å². The minimum atomic E-state index is -0.705. The van der Waals surface area contributed by atoms with Crippen LogP contribution in [0.1, 0.15) is 44.9 Å². The second-order valence-electron chi connectivity index (χ2n) is 16.8. The lowest BCUT2D eigenvalue weighted by molar-refractivity contribution is -0.198. The van der Waals surface area contributed by atoms with Crippen LogP contribution < -0.4 is 16.0 Å². The minimum absolute atomic E-state index is 0.0351. The number of nitrogens with one attached hydrogen (secondary N) is 3. The zero-order valence-electron chi connectivity index (χ0n) is 44.6. The SMILES string of the molecule is O=C(CCCC[C@@H]1SC[C@@H]2NC(=O)N[C@@H]21)NCCOCCOCCOCCOCCOCCOCCOCCOCCOCCOCCOCCOCCOCCOCCOCCOCCC(=O)ON1C(=O)CCC1=O. The lowest BCUT2D eigenvalue weighted by Gasteiger charge is -2.16. The fourth-order valence-electron chi connectivity index (χ4n) is 6.99. The van der Waals surface area contributed by atoms with Crippen molar-refractivity contribution < 1.29 is 105 Å². The molecule has 0 bridgehead atoms. The molecule has 0 aromatic carbocycles. The highest BCUT2D eigenvalue weighted by Crippen LogP contribution is 2.33. The van der Waals surface area contributed by atoms with Crippen LogP contribution in [0, 0.1) is 0 Å². The summed E-state index contributed by atoms with van der Waals surface area (Å²) in [6.45, 7) is 14.4. The number of hydrogen-bond acceptors (Lipinski definition) is 23. The Hall–Kier alpha value is -2.94. The Morgan fingerprint density at radius 2 is 0.763 bits per heavy atom. The lowest BCUT2D eigenvalue weighted by atomic mass is 10.0. The van der Waals surface area contributed by atoms with Gasteiger partial charge in [0.15, 0.2) is 0 Å². The van der Waals surface area contributed by atoms with Gasteiger partial charge in [-0.3, -0.25) is 14.4 Å². The van der Waals surface area contributed by atoms with Gasteiger partial charge >= 0.3 is 12.0 Å². The predicted molar refractivity (Wildman–Crippen MR) is 272 cm³/mol. The largest absolute Gasteiger partial charge is 0.378 e. The van der Waals surface area contributed by atoms with E-state index in [1.807, 2.05) is 11.8 Å². The molecule has 0 aromatic heterocycles. The van der Waals surface area contributed by atoms with Gasteiger partial charge in [0.25, 0.3) is 11.8 Å². The van der Waals surface area contributed by atoms with Gasteiger partial charge < -0.3 is 96.6 Å². The second-order valence-corrected chi connectivity index (χ2v) is 18.1. The smallest absolute Gasteiger partial charge is 0.335 e. The molecule has 0 saturated carbocycles. The molecule has 3 aliphatic rings. The van der Waals surface area contributed by atoms with E-state index in [0.717, 1.165) is 25.0 Å². The molecule has 0 radical (unpaired) electrons. The molecular weight excluding hydrogens is 1030 g/mol.